The Balaban J connectivity index is 1.17. The minimum atomic E-state index is -0.880. The molecule has 1 aliphatic carbocycles. The van der Waals surface area contributed by atoms with Gasteiger partial charge in [0.1, 0.15) is 17.4 Å². The molecule has 0 bridgehead atoms. The van der Waals surface area contributed by atoms with Crippen LogP contribution in [0, 0.1) is 5.82 Å². The Labute approximate surface area is 254 Å². The van der Waals surface area contributed by atoms with Gasteiger partial charge in [0.05, 0.1) is 5.60 Å². The number of piperidine rings is 1. The summed E-state index contributed by atoms with van der Waals surface area (Å²) in [5.41, 5.74) is 0.724. The van der Waals surface area contributed by atoms with Gasteiger partial charge in [0.2, 0.25) is 11.8 Å². The van der Waals surface area contributed by atoms with E-state index in [4.69, 9.17) is 0 Å². The molecule has 8 nitrogen and oxygen atoms in total. The van der Waals surface area contributed by atoms with E-state index in [2.05, 4.69) is 22.5 Å². The molecule has 3 N–H and O–H groups in total. The molecule has 1 atom stereocenters. The second-order valence-corrected chi connectivity index (χ2v) is 12.7. The predicted molar refractivity (Wildman–Crippen MR) is 162 cm³/mol. The highest BCUT2D eigenvalue weighted by Crippen LogP contribution is 2.37. The lowest BCUT2D eigenvalue weighted by atomic mass is 9.77. The SMILES string of the molecule is CCCCN1C(=O)[C@@H](CC2(O)CCCCC2)NC(=O)C12CCN(Cc1ccc(C(=O)NCc3ccc(F)cc3)cc1)CC2. The maximum absolute atomic E-state index is 13.8. The van der Waals surface area contributed by atoms with Crippen LogP contribution in [0.25, 0.3) is 0 Å². The minimum Gasteiger partial charge on any atom is -0.390 e. The molecule has 0 radical (unpaired) electrons. The Morgan fingerprint density at radius 3 is 2.28 bits per heavy atom. The summed E-state index contributed by atoms with van der Waals surface area (Å²) < 4.78 is 13.1. The van der Waals surface area contributed by atoms with Gasteiger partial charge >= 0.3 is 0 Å². The topological polar surface area (TPSA) is 102 Å². The molecule has 0 aromatic heterocycles. The van der Waals surface area contributed by atoms with Gasteiger partial charge in [-0.2, -0.15) is 0 Å². The van der Waals surface area contributed by atoms with E-state index in [1.807, 2.05) is 17.0 Å². The largest absolute Gasteiger partial charge is 0.390 e. The van der Waals surface area contributed by atoms with Crippen molar-refractivity contribution in [3.8, 4) is 0 Å². The van der Waals surface area contributed by atoms with Gasteiger partial charge in [-0.15, -0.1) is 0 Å². The Bertz CT molecular complexity index is 1270. The van der Waals surface area contributed by atoms with Gasteiger partial charge in [-0.3, -0.25) is 19.3 Å². The molecule has 3 aliphatic rings. The fourth-order valence-corrected chi connectivity index (χ4v) is 6.93. The zero-order valence-corrected chi connectivity index (χ0v) is 25.2. The summed E-state index contributed by atoms with van der Waals surface area (Å²) in [6, 6.07) is 12.9. The lowest BCUT2D eigenvalue weighted by molar-refractivity contribution is -0.163. The van der Waals surface area contributed by atoms with Crippen LogP contribution in [0.2, 0.25) is 0 Å². The van der Waals surface area contributed by atoms with Crippen molar-refractivity contribution in [2.24, 2.45) is 0 Å². The molecule has 3 fully saturated rings. The van der Waals surface area contributed by atoms with Gasteiger partial charge in [-0.05, 0) is 67.5 Å². The number of likely N-dealkylation sites (tertiary alicyclic amines) is 1. The van der Waals surface area contributed by atoms with E-state index >= 15 is 0 Å². The number of aliphatic hydroxyl groups is 1. The molecule has 3 amide bonds. The van der Waals surface area contributed by atoms with Crippen molar-refractivity contribution < 1.29 is 23.9 Å². The van der Waals surface area contributed by atoms with Crippen molar-refractivity contribution in [3.63, 3.8) is 0 Å². The summed E-state index contributed by atoms with van der Waals surface area (Å²) in [5.74, 6) is -0.625. The number of carbonyl (C=O) groups is 3. The Kier molecular flexibility index (Phi) is 9.82. The lowest BCUT2D eigenvalue weighted by Gasteiger charge is -2.52. The highest BCUT2D eigenvalue weighted by atomic mass is 19.1. The van der Waals surface area contributed by atoms with Crippen molar-refractivity contribution in [1.82, 2.24) is 20.4 Å². The van der Waals surface area contributed by atoms with E-state index in [0.29, 0.717) is 70.4 Å². The number of nitrogens with one attached hydrogen (secondary N) is 2. The van der Waals surface area contributed by atoms with Gasteiger partial charge in [0, 0.05) is 44.7 Å². The van der Waals surface area contributed by atoms with Crippen LogP contribution in [0.3, 0.4) is 0 Å². The van der Waals surface area contributed by atoms with Gasteiger partial charge in [-0.1, -0.05) is 56.9 Å². The summed E-state index contributed by atoms with van der Waals surface area (Å²) in [6.07, 6.45) is 7.58. The highest BCUT2D eigenvalue weighted by molar-refractivity contribution is 6.00. The number of amides is 3. The number of unbranched alkanes of at least 4 members (excludes halogenated alkanes) is 1. The molecular formula is C34H45FN4O4. The molecule has 232 valence electrons. The summed E-state index contributed by atoms with van der Waals surface area (Å²) in [7, 11) is 0. The van der Waals surface area contributed by atoms with Crippen molar-refractivity contribution in [1.29, 1.82) is 0 Å². The van der Waals surface area contributed by atoms with Crippen molar-refractivity contribution >= 4 is 17.7 Å². The fraction of sp³-hybridized carbons (Fsp3) is 0.559. The first-order valence-corrected chi connectivity index (χ1v) is 15.9. The second kappa shape index (κ2) is 13.6. The number of carbonyl (C=O) groups excluding carboxylic acids is 3. The zero-order chi connectivity index (χ0) is 30.5. The van der Waals surface area contributed by atoms with Gasteiger partial charge in [0.25, 0.3) is 5.91 Å². The molecule has 2 aliphatic heterocycles. The molecule has 43 heavy (non-hydrogen) atoms. The summed E-state index contributed by atoms with van der Waals surface area (Å²) in [5, 5.41) is 17.0. The molecule has 1 spiro atoms. The first-order chi connectivity index (χ1) is 20.7. The number of rotatable bonds is 10. The predicted octanol–water partition coefficient (Wildman–Crippen LogP) is 4.30. The van der Waals surface area contributed by atoms with E-state index in [1.165, 1.54) is 12.1 Å². The molecule has 5 rings (SSSR count). The average molecular weight is 593 g/mol. The maximum atomic E-state index is 13.8. The number of hydrogen-bond acceptors (Lipinski definition) is 5. The molecule has 1 saturated carbocycles. The van der Waals surface area contributed by atoms with Crippen LogP contribution < -0.4 is 10.6 Å². The van der Waals surface area contributed by atoms with Crippen LogP contribution in [-0.2, 0) is 22.7 Å². The number of nitrogens with zero attached hydrogens (tertiary/aromatic N) is 2. The summed E-state index contributed by atoms with van der Waals surface area (Å²) in [4.78, 5) is 44.3. The van der Waals surface area contributed by atoms with Crippen molar-refractivity contribution in [3.05, 3.63) is 71.0 Å². The second-order valence-electron chi connectivity index (χ2n) is 12.7. The van der Waals surface area contributed by atoms with E-state index in [9.17, 15) is 23.9 Å². The van der Waals surface area contributed by atoms with Crippen LogP contribution in [0.15, 0.2) is 48.5 Å². The van der Waals surface area contributed by atoms with Gasteiger partial charge < -0.3 is 20.6 Å². The lowest BCUT2D eigenvalue weighted by Crippen LogP contribution is -2.73. The number of piperazine rings is 1. The van der Waals surface area contributed by atoms with Crippen LogP contribution in [0.1, 0.15) is 92.6 Å². The molecule has 2 saturated heterocycles. The van der Waals surface area contributed by atoms with E-state index in [1.54, 1.807) is 24.3 Å². The highest BCUT2D eigenvalue weighted by Gasteiger charge is 2.54. The third-order valence-electron chi connectivity index (χ3n) is 9.58. The molecule has 2 aromatic rings. The van der Waals surface area contributed by atoms with Crippen LogP contribution in [0.5, 0.6) is 0 Å². The quantitative estimate of drug-likeness (QED) is 0.382. The zero-order valence-electron chi connectivity index (χ0n) is 25.2. The van der Waals surface area contributed by atoms with E-state index < -0.39 is 17.2 Å². The monoisotopic (exact) mass is 592 g/mol. The Morgan fingerprint density at radius 2 is 1.63 bits per heavy atom. The smallest absolute Gasteiger partial charge is 0.251 e. The van der Waals surface area contributed by atoms with Gasteiger partial charge in [0.15, 0.2) is 0 Å². The third-order valence-corrected chi connectivity index (χ3v) is 9.58. The van der Waals surface area contributed by atoms with E-state index in [0.717, 1.165) is 43.2 Å². The molecular weight excluding hydrogens is 547 g/mol. The summed E-state index contributed by atoms with van der Waals surface area (Å²) >= 11 is 0. The Morgan fingerprint density at radius 1 is 0.977 bits per heavy atom. The first kappa shape index (κ1) is 31.1. The summed E-state index contributed by atoms with van der Waals surface area (Å²) in [6.45, 7) is 5.02. The van der Waals surface area contributed by atoms with Crippen molar-refractivity contribution in [2.75, 3.05) is 19.6 Å². The maximum Gasteiger partial charge on any atom is 0.251 e. The average Bonchev–Trinajstić information content (AvgIpc) is 3.01. The normalized spacial score (nSPS) is 21.9. The number of benzene rings is 2. The Hall–Kier alpha value is -3.30. The minimum absolute atomic E-state index is 0.0474. The fourth-order valence-electron chi connectivity index (χ4n) is 6.93. The van der Waals surface area contributed by atoms with Crippen molar-refractivity contribution in [2.45, 2.75) is 101 Å². The van der Waals surface area contributed by atoms with Gasteiger partial charge in [-0.25, -0.2) is 4.39 Å². The van der Waals surface area contributed by atoms with E-state index in [-0.39, 0.29) is 23.5 Å². The molecule has 2 heterocycles. The van der Waals surface area contributed by atoms with Crippen LogP contribution in [0.4, 0.5) is 4.39 Å². The number of hydrogen-bond donors (Lipinski definition) is 3. The van der Waals surface area contributed by atoms with Crippen LogP contribution in [-0.4, -0.2) is 69.4 Å². The molecule has 2 aromatic carbocycles. The third kappa shape index (κ3) is 7.27. The first-order valence-electron chi connectivity index (χ1n) is 15.9. The molecule has 9 heteroatoms. The standard InChI is InChI=1S/C34H45FN4O4/c1-2-3-19-39-31(41)29(22-33(43)15-5-4-6-16-33)37-32(42)34(39)17-20-38(21-18-34)24-26-7-11-27(12-8-26)30(40)36-23-25-9-13-28(35)14-10-25/h7-14,29,43H,2-6,15-24H2,1H3,(H,36,40)(H,37,42)/t29-/m1/s1. The number of halogens is 1. The molecule has 0 unspecified atom stereocenters. The van der Waals surface area contributed by atoms with Crippen LogP contribution >= 0.6 is 0 Å².